The van der Waals surface area contributed by atoms with E-state index in [0.717, 1.165) is 25.9 Å². The highest BCUT2D eigenvalue weighted by Crippen LogP contribution is 2.18. The Morgan fingerprint density at radius 2 is 1.96 bits per heavy atom. The third-order valence-electron chi connectivity index (χ3n) is 4.62. The Morgan fingerprint density at radius 3 is 2.50 bits per heavy atom. The Hall–Kier alpha value is -1.11. The second-order valence-electron chi connectivity index (χ2n) is 7.40. The van der Waals surface area contributed by atoms with Gasteiger partial charge in [-0.3, -0.25) is 0 Å². The number of carbonyl (C=O) groups is 1. The van der Waals surface area contributed by atoms with Gasteiger partial charge in [0.25, 0.3) is 0 Å². The van der Waals surface area contributed by atoms with Crippen molar-refractivity contribution < 1.29 is 24.1 Å². The molecule has 6 nitrogen and oxygen atoms in total. The summed E-state index contributed by atoms with van der Waals surface area (Å²) in [5.74, 6) is -0.122. The van der Waals surface area contributed by atoms with Crippen molar-refractivity contribution in [3.05, 3.63) is 12.3 Å². The molecule has 0 saturated carbocycles. The Morgan fingerprint density at radius 1 is 1.27 bits per heavy atom. The maximum atomic E-state index is 12.2. The van der Waals surface area contributed by atoms with Gasteiger partial charge in [-0.05, 0) is 65.9 Å². The average Bonchev–Trinajstić information content (AvgIpc) is 2.60. The summed E-state index contributed by atoms with van der Waals surface area (Å²) < 4.78 is 16.6. The monoisotopic (exact) mass is 371 g/mol. The van der Waals surface area contributed by atoms with Crippen LogP contribution in [0.2, 0.25) is 0 Å². The van der Waals surface area contributed by atoms with Crippen LogP contribution < -0.4 is 0 Å². The number of ether oxygens (including phenoxy) is 3. The minimum atomic E-state index is -0.493. The number of rotatable bonds is 10. The lowest BCUT2D eigenvalue weighted by Gasteiger charge is -2.29. The van der Waals surface area contributed by atoms with Gasteiger partial charge in [-0.1, -0.05) is 6.92 Å². The van der Waals surface area contributed by atoms with E-state index < -0.39 is 6.10 Å². The normalized spacial score (nSPS) is 20.5. The van der Waals surface area contributed by atoms with E-state index in [2.05, 4.69) is 0 Å². The molecule has 152 valence electrons. The fraction of sp³-hybridized carbons (Fsp3) is 0.850. The molecule has 1 aliphatic heterocycles. The smallest absolute Gasteiger partial charge is 0.415 e. The number of carbonyl (C=O) groups excluding carboxylic acids is 1. The van der Waals surface area contributed by atoms with Gasteiger partial charge in [-0.2, -0.15) is 0 Å². The summed E-state index contributed by atoms with van der Waals surface area (Å²) in [6.45, 7) is 11.0. The van der Waals surface area contributed by atoms with Crippen LogP contribution in [0.4, 0.5) is 4.79 Å². The second-order valence-corrected chi connectivity index (χ2v) is 7.40. The second kappa shape index (κ2) is 12.3. The molecule has 0 bridgehead atoms. The Kier molecular flexibility index (Phi) is 10.9. The van der Waals surface area contributed by atoms with E-state index in [0.29, 0.717) is 19.4 Å². The van der Waals surface area contributed by atoms with Crippen molar-refractivity contribution in [3.8, 4) is 0 Å². The molecule has 1 N–H and O–H groups in total. The summed E-state index contributed by atoms with van der Waals surface area (Å²) in [6, 6.07) is 0.133. The third-order valence-corrected chi connectivity index (χ3v) is 4.62. The van der Waals surface area contributed by atoms with E-state index in [9.17, 15) is 9.90 Å². The number of aliphatic hydroxyl groups excluding tert-OH is 1. The standard InChI is InChI=1S/C20H37NO5/c1-6-18(22)17(10-13-25-19-9-7-8-12-24-19)11-14-26-20(23)21(15(2)3)16(4)5/h11,14-19,22H,6-10,12-13H2,1-5H3/b14-11-/t17-,18+,19?/m0/s1. The van der Waals surface area contributed by atoms with Gasteiger partial charge < -0.3 is 24.2 Å². The lowest BCUT2D eigenvalue weighted by molar-refractivity contribution is -0.164. The molecule has 1 aliphatic rings. The molecule has 1 fully saturated rings. The van der Waals surface area contributed by atoms with Gasteiger partial charge in [0.2, 0.25) is 0 Å². The van der Waals surface area contributed by atoms with Crippen LogP contribution in [0.15, 0.2) is 12.3 Å². The van der Waals surface area contributed by atoms with Crippen molar-refractivity contribution in [2.24, 2.45) is 5.92 Å². The number of hydrogen-bond donors (Lipinski definition) is 1. The highest BCUT2D eigenvalue weighted by molar-refractivity contribution is 5.68. The van der Waals surface area contributed by atoms with Crippen LogP contribution in [0.1, 0.15) is 66.7 Å². The molecule has 0 aromatic rings. The maximum absolute atomic E-state index is 12.2. The molecule has 26 heavy (non-hydrogen) atoms. The SMILES string of the molecule is CC[C@@H](O)[C@H](/C=C\OC(=O)N(C(C)C)C(C)C)CCOC1CCCCO1. The lowest BCUT2D eigenvalue weighted by Crippen LogP contribution is -2.41. The molecule has 1 amide bonds. The molecular formula is C20H37NO5. The summed E-state index contributed by atoms with van der Waals surface area (Å²) in [7, 11) is 0. The zero-order valence-corrected chi connectivity index (χ0v) is 17.0. The minimum Gasteiger partial charge on any atom is -0.418 e. The number of hydrogen-bond acceptors (Lipinski definition) is 5. The van der Waals surface area contributed by atoms with Crippen molar-refractivity contribution in [3.63, 3.8) is 0 Å². The molecule has 0 aromatic carbocycles. The zero-order chi connectivity index (χ0) is 19.5. The van der Waals surface area contributed by atoms with Crippen LogP contribution in [0.5, 0.6) is 0 Å². The van der Waals surface area contributed by atoms with Gasteiger partial charge in [0.15, 0.2) is 6.29 Å². The molecule has 0 radical (unpaired) electrons. The van der Waals surface area contributed by atoms with Crippen molar-refractivity contribution in [2.45, 2.75) is 91.2 Å². The third kappa shape index (κ3) is 8.06. The largest absolute Gasteiger partial charge is 0.418 e. The van der Waals surface area contributed by atoms with Crippen LogP contribution in [-0.2, 0) is 14.2 Å². The molecule has 3 atom stereocenters. The molecule has 1 rings (SSSR count). The molecule has 1 saturated heterocycles. The first-order valence-electron chi connectivity index (χ1n) is 9.93. The van der Waals surface area contributed by atoms with Crippen LogP contribution in [0.3, 0.4) is 0 Å². The average molecular weight is 372 g/mol. The van der Waals surface area contributed by atoms with Gasteiger partial charge in [-0.25, -0.2) is 4.79 Å². The van der Waals surface area contributed by atoms with Gasteiger partial charge in [-0.15, -0.1) is 0 Å². The molecule has 1 unspecified atom stereocenters. The van der Waals surface area contributed by atoms with Crippen molar-refractivity contribution in [1.29, 1.82) is 0 Å². The zero-order valence-electron chi connectivity index (χ0n) is 17.0. The first-order valence-corrected chi connectivity index (χ1v) is 9.93. The van der Waals surface area contributed by atoms with Gasteiger partial charge in [0, 0.05) is 24.6 Å². The van der Waals surface area contributed by atoms with E-state index >= 15 is 0 Å². The molecule has 6 heteroatoms. The van der Waals surface area contributed by atoms with Crippen LogP contribution in [0.25, 0.3) is 0 Å². The maximum Gasteiger partial charge on any atom is 0.415 e. The minimum absolute atomic E-state index is 0.0665. The van der Waals surface area contributed by atoms with Crippen molar-refractivity contribution in [1.82, 2.24) is 4.90 Å². The van der Waals surface area contributed by atoms with Gasteiger partial charge in [0.1, 0.15) is 0 Å². The van der Waals surface area contributed by atoms with E-state index in [-0.39, 0.29) is 30.4 Å². The Balaban J connectivity index is 2.49. The quantitative estimate of drug-likeness (QED) is 0.586. The lowest BCUT2D eigenvalue weighted by atomic mass is 9.97. The van der Waals surface area contributed by atoms with Crippen molar-refractivity contribution in [2.75, 3.05) is 13.2 Å². The van der Waals surface area contributed by atoms with E-state index in [1.807, 2.05) is 34.6 Å². The predicted molar refractivity (Wildman–Crippen MR) is 102 cm³/mol. The van der Waals surface area contributed by atoms with E-state index in [1.54, 1.807) is 11.0 Å². The summed E-state index contributed by atoms with van der Waals surface area (Å²) in [4.78, 5) is 13.9. The Bertz CT molecular complexity index is 410. The predicted octanol–water partition coefficient (Wildman–Crippen LogP) is 4.08. The molecule has 0 aliphatic carbocycles. The van der Waals surface area contributed by atoms with Gasteiger partial charge in [0.05, 0.1) is 19.0 Å². The highest BCUT2D eigenvalue weighted by Gasteiger charge is 2.22. The van der Waals surface area contributed by atoms with E-state index in [4.69, 9.17) is 14.2 Å². The van der Waals surface area contributed by atoms with Crippen LogP contribution in [-0.4, -0.2) is 53.8 Å². The molecule has 0 aromatic heterocycles. The molecular weight excluding hydrogens is 334 g/mol. The number of aliphatic hydroxyl groups is 1. The van der Waals surface area contributed by atoms with Crippen LogP contribution in [0, 0.1) is 5.92 Å². The first kappa shape index (κ1) is 22.9. The first-order chi connectivity index (χ1) is 12.4. The Labute approximate surface area is 158 Å². The number of nitrogens with zero attached hydrogens (tertiary/aromatic N) is 1. The summed E-state index contributed by atoms with van der Waals surface area (Å²) in [5.41, 5.74) is 0. The van der Waals surface area contributed by atoms with Crippen LogP contribution >= 0.6 is 0 Å². The van der Waals surface area contributed by atoms with E-state index in [1.165, 1.54) is 6.26 Å². The molecule has 1 heterocycles. The van der Waals surface area contributed by atoms with Crippen molar-refractivity contribution >= 4 is 6.09 Å². The summed E-state index contributed by atoms with van der Waals surface area (Å²) >= 11 is 0. The number of amides is 1. The fourth-order valence-electron chi connectivity index (χ4n) is 3.18. The highest BCUT2D eigenvalue weighted by atomic mass is 16.7. The summed E-state index contributed by atoms with van der Waals surface area (Å²) in [6.07, 6.45) is 6.60. The topological polar surface area (TPSA) is 68.2 Å². The fourth-order valence-corrected chi connectivity index (χ4v) is 3.18. The van der Waals surface area contributed by atoms with Gasteiger partial charge >= 0.3 is 6.09 Å². The summed E-state index contributed by atoms with van der Waals surface area (Å²) in [5, 5.41) is 10.2. The molecule has 0 spiro atoms.